The lowest BCUT2D eigenvalue weighted by molar-refractivity contribution is -0.386. The Kier molecular flexibility index (Phi) is 5.13. The van der Waals surface area contributed by atoms with E-state index in [0.717, 1.165) is 18.2 Å². The number of carbonyl (C=O) groups is 1. The third kappa shape index (κ3) is 4.40. The molecular formula is C15H12ClFN2O4. The molecule has 1 N–H and O–H groups in total. The van der Waals surface area contributed by atoms with Crippen LogP contribution in [0.5, 0.6) is 5.75 Å². The van der Waals surface area contributed by atoms with Crippen molar-refractivity contribution in [1.29, 1.82) is 0 Å². The van der Waals surface area contributed by atoms with Crippen LogP contribution in [0.4, 0.5) is 15.8 Å². The summed E-state index contributed by atoms with van der Waals surface area (Å²) in [4.78, 5) is 22.2. The van der Waals surface area contributed by atoms with E-state index in [1.807, 2.05) is 0 Å². The zero-order chi connectivity index (χ0) is 17.0. The zero-order valence-electron chi connectivity index (χ0n) is 12.0. The van der Waals surface area contributed by atoms with Gasteiger partial charge in [0.2, 0.25) is 5.75 Å². The second-order valence-corrected chi connectivity index (χ2v) is 5.07. The second kappa shape index (κ2) is 7.06. The number of nitrogens with zero attached hydrogens (tertiary/aromatic N) is 1. The van der Waals surface area contributed by atoms with Crippen molar-refractivity contribution in [3.8, 4) is 5.75 Å². The summed E-state index contributed by atoms with van der Waals surface area (Å²) < 4.78 is 18.5. The number of nitrogens with one attached hydrogen (secondary N) is 1. The first-order chi connectivity index (χ1) is 10.9. The van der Waals surface area contributed by atoms with Gasteiger partial charge in [-0.1, -0.05) is 17.7 Å². The zero-order valence-corrected chi connectivity index (χ0v) is 12.7. The molecule has 0 aliphatic rings. The van der Waals surface area contributed by atoms with Gasteiger partial charge in [-0.2, -0.15) is 0 Å². The maximum atomic E-state index is 13.2. The van der Waals surface area contributed by atoms with E-state index >= 15 is 0 Å². The van der Waals surface area contributed by atoms with E-state index in [1.165, 1.54) is 13.0 Å². The maximum Gasteiger partial charge on any atom is 0.311 e. The van der Waals surface area contributed by atoms with Gasteiger partial charge in [0.1, 0.15) is 5.82 Å². The summed E-state index contributed by atoms with van der Waals surface area (Å²) in [7, 11) is 0. The van der Waals surface area contributed by atoms with Crippen LogP contribution in [0.1, 0.15) is 6.92 Å². The third-order valence-corrected chi connectivity index (χ3v) is 3.12. The average Bonchev–Trinajstić information content (AvgIpc) is 2.46. The number of hydrogen-bond donors (Lipinski definition) is 1. The maximum absolute atomic E-state index is 13.2. The summed E-state index contributed by atoms with van der Waals surface area (Å²) >= 11 is 5.81. The molecular weight excluding hydrogens is 327 g/mol. The Morgan fingerprint density at radius 3 is 2.74 bits per heavy atom. The molecule has 0 spiro atoms. The first kappa shape index (κ1) is 16.7. The molecule has 0 fully saturated rings. The summed E-state index contributed by atoms with van der Waals surface area (Å²) in [6, 6.07) is 9.25. The van der Waals surface area contributed by atoms with Gasteiger partial charge in [0.25, 0.3) is 5.91 Å². The molecule has 0 radical (unpaired) electrons. The van der Waals surface area contributed by atoms with Gasteiger partial charge in [0.05, 0.1) is 4.92 Å². The quantitative estimate of drug-likeness (QED) is 0.664. The van der Waals surface area contributed by atoms with E-state index < -0.39 is 28.4 Å². The van der Waals surface area contributed by atoms with Crippen molar-refractivity contribution >= 4 is 28.9 Å². The van der Waals surface area contributed by atoms with Crippen molar-refractivity contribution in [2.24, 2.45) is 0 Å². The molecule has 0 aromatic heterocycles. The lowest BCUT2D eigenvalue weighted by Gasteiger charge is -2.15. The molecule has 1 atom stereocenters. The predicted octanol–water partition coefficient (Wildman–Crippen LogP) is 3.79. The molecule has 1 amide bonds. The standard InChI is InChI=1S/C15H12ClFN2O4/c1-9(15(20)18-12-4-2-3-10(16)7-12)23-14-8-11(17)5-6-13(14)19(21)22/h2-9H,1H3,(H,18,20)/t9-/m1/s1. The van der Waals surface area contributed by atoms with Gasteiger partial charge >= 0.3 is 5.69 Å². The van der Waals surface area contributed by atoms with E-state index in [9.17, 15) is 19.3 Å². The smallest absolute Gasteiger partial charge is 0.311 e. The van der Waals surface area contributed by atoms with E-state index in [0.29, 0.717) is 10.7 Å². The van der Waals surface area contributed by atoms with Crippen molar-refractivity contribution in [3.63, 3.8) is 0 Å². The third-order valence-electron chi connectivity index (χ3n) is 2.88. The number of ether oxygens (including phenoxy) is 1. The van der Waals surface area contributed by atoms with Crippen molar-refractivity contribution in [1.82, 2.24) is 0 Å². The van der Waals surface area contributed by atoms with Crippen LogP contribution in [-0.2, 0) is 4.79 Å². The highest BCUT2D eigenvalue weighted by atomic mass is 35.5. The Hall–Kier alpha value is -2.67. The normalized spacial score (nSPS) is 11.6. The van der Waals surface area contributed by atoms with Gasteiger partial charge in [-0.15, -0.1) is 0 Å². The first-order valence-electron chi connectivity index (χ1n) is 6.54. The Balaban J connectivity index is 2.12. The predicted molar refractivity (Wildman–Crippen MR) is 83.2 cm³/mol. The highest BCUT2D eigenvalue weighted by Crippen LogP contribution is 2.28. The van der Waals surface area contributed by atoms with Crippen LogP contribution in [0, 0.1) is 15.9 Å². The minimum atomic E-state index is -1.07. The van der Waals surface area contributed by atoms with Crippen molar-refractivity contribution in [2.75, 3.05) is 5.32 Å². The van der Waals surface area contributed by atoms with E-state index in [-0.39, 0.29) is 5.75 Å². The molecule has 0 unspecified atom stereocenters. The lowest BCUT2D eigenvalue weighted by atomic mass is 10.2. The summed E-state index contributed by atoms with van der Waals surface area (Å²) in [5, 5.41) is 13.9. The number of carbonyl (C=O) groups excluding carboxylic acids is 1. The molecule has 0 heterocycles. The lowest BCUT2D eigenvalue weighted by Crippen LogP contribution is -2.30. The Morgan fingerprint density at radius 2 is 2.09 bits per heavy atom. The van der Waals surface area contributed by atoms with E-state index in [2.05, 4.69) is 5.32 Å². The monoisotopic (exact) mass is 338 g/mol. The summed E-state index contributed by atoms with van der Waals surface area (Å²) in [5.41, 5.74) is 0.0282. The Morgan fingerprint density at radius 1 is 1.35 bits per heavy atom. The topological polar surface area (TPSA) is 81.5 Å². The number of amides is 1. The van der Waals surface area contributed by atoms with Crippen LogP contribution >= 0.6 is 11.6 Å². The van der Waals surface area contributed by atoms with Crippen LogP contribution in [0.3, 0.4) is 0 Å². The fraction of sp³-hybridized carbons (Fsp3) is 0.133. The van der Waals surface area contributed by atoms with Crippen molar-refractivity contribution in [2.45, 2.75) is 13.0 Å². The van der Waals surface area contributed by atoms with Crippen LogP contribution in [0.25, 0.3) is 0 Å². The molecule has 120 valence electrons. The van der Waals surface area contributed by atoms with Gasteiger partial charge in [0.15, 0.2) is 6.10 Å². The molecule has 2 aromatic carbocycles. The molecule has 0 saturated carbocycles. The number of rotatable bonds is 5. The summed E-state index contributed by atoms with van der Waals surface area (Å²) in [5.74, 6) is -1.57. The Bertz CT molecular complexity index is 754. The van der Waals surface area contributed by atoms with Crippen LogP contribution < -0.4 is 10.1 Å². The van der Waals surface area contributed by atoms with Crippen molar-refractivity contribution < 1.29 is 18.8 Å². The summed E-state index contributed by atoms with van der Waals surface area (Å²) in [6.45, 7) is 1.40. The van der Waals surface area contributed by atoms with Gasteiger partial charge in [0, 0.05) is 22.8 Å². The van der Waals surface area contributed by atoms with E-state index in [4.69, 9.17) is 16.3 Å². The van der Waals surface area contributed by atoms with Gasteiger partial charge in [-0.3, -0.25) is 14.9 Å². The number of anilines is 1. The number of hydrogen-bond acceptors (Lipinski definition) is 4. The fourth-order valence-electron chi connectivity index (χ4n) is 1.79. The molecule has 0 bridgehead atoms. The molecule has 6 nitrogen and oxygen atoms in total. The number of nitro groups is 1. The fourth-order valence-corrected chi connectivity index (χ4v) is 1.98. The summed E-state index contributed by atoms with van der Waals surface area (Å²) in [6.07, 6.45) is -1.07. The largest absolute Gasteiger partial charge is 0.474 e. The highest BCUT2D eigenvalue weighted by molar-refractivity contribution is 6.30. The Labute approximate surface area is 136 Å². The number of nitro benzene ring substituents is 1. The minimum Gasteiger partial charge on any atom is -0.474 e. The SMILES string of the molecule is C[C@@H](Oc1cc(F)ccc1[N+](=O)[O-])C(=O)Nc1cccc(Cl)c1. The molecule has 2 aromatic rings. The van der Waals surface area contributed by atoms with Crippen LogP contribution in [0.15, 0.2) is 42.5 Å². The van der Waals surface area contributed by atoms with Gasteiger partial charge in [-0.05, 0) is 31.2 Å². The molecule has 23 heavy (non-hydrogen) atoms. The van der Waals surface area contributed by atoms with Gasteiger partial charge < -0.3 is 10.1 Å². The van der Waals surface area contributed by atoms with Crippen LogP contribution in [0.2, 0.25) is 5.02 Å². The molecule has 2 rings (SSSR count). The second-order valence-electron chi connectivity index (χ2n) is 4.63. The molecule has 0 aliphatic carbocycles. The molecule has 0 aliphatic heterocycles. The van der Waals surface area contributed by atoms with Gasteiger partial charge in [-0.25, -0.2) is 4.39 Å². The number of halogens is 2. The highest BCUT2D eigenvalue weighted by Gasteiger charge is 2.22. The molecule has 8 heteroatoms. The first-order valence-corrected chi connectivity index (χ1v) is 6.91. The number of benzene rings is 2. The molecule has 0 saturated heterocycles. The average molecular weight is 339 g/mol. The van der Waals surface area contributed by atoms with Crippen LogP contribution in [-0.4, -0.2) is 16.9 Å². The van der Waals surface area contributed by atoms with Crippen molar-refractivity contribution in [3.05, 3.63) is 63.4 Å². The van der Waals surface area contributed by atoms with E-state index in [1.54, 1.807) is 18.2 Å². The minimum absolute atomic E-state index is 0.316.